The second kappa shape index (κ2) is 5.14. The quantitative estimate of drug-likeness (QED) is 0.726. The molecule has 6 nitrogen and oxygen atoms in total. The molecule has 0 amide bonds. The standard InChI is InChI=1S/C9H13N3O3/c1-6-11-7(4-8(12-6)14-2)10-5-9(13)15-3/h4H,5H2,1-3H3,(H,10,11,12). The average molecular weight is 211 g/mol. The van der Waals surface area contributed by atoms with E-state index in [1.54, 1.807) is 13.0 Å². The molecule has 0 fully saturated rings. The third-order valence-corrected chi connectivity index (χ3v) is 1.67. The Morgan fingerprint density at radius 2 is 2.20 bits per heavy atom. The highest BCUT2D eigenvalue weighted by molar-refractivity contribution is 5.74. The fourth-order valence-electron chi connectivity index (χ4n) is 0.970. The highest BCUT2D eigenvalue weighted by Gasteiger charge is 2.04. The number of methoxy groups -OCH3 is 2. The molecule has 0 spiro atoms. The summed E-state index contributed by atoms with van der Waals surface area (Å²) >= 11 is 0. The number of aromatic nitrogens is 2. The second-order valence-electron chi connectivity index (χ2n) is 2.77. The van der Waals surface area contributed by atoms with Crippen LogP contribution in [0.5, 0.6) is 5.88 Å². The van der Waals surface area contributed by atoms with Crippen molar-refractivity contribution in [2.45, 2.75) is 6.92 Å². The first kappa shape index (κ1) is 11.2. The summed E-state index contributed by atoms with van der Waals surface area (Å²) in [5, 5.41) is 2.81. The maximum atomic E-state index is 10.9. The molecule has 0 radical (unpaired) electrons. The van der Waals surface area contributed by atoms with E-state index in [-0.39, 0.29) is 12.5 Å². The number of hydrogen-bond donors (Lipinski definition) is 1. The summed E-state index contributed by atoms with van der Waals surface area (Å²) in [6, 6.07) is 1.61. The maximum Gasteiger partial charge on any atom is 0.325 e. The van der Waals surface area contributed by atoms with Crippen molar-refractivity contribution < 1.29 is 14.3 Å². The van der Waals surface area contributed by atoms with Crippen molar-refractivity contribution in [2.75, 3.05) is 26.1 Å². The first-order valence-corrected chi connectivity index (χ1v) is 4.36. The fourth-order valence-corrected chi connectivity index (χ4v) is 0.970. The van der Waals surface area contributed by atoms with Gasteiger partial charge in [-0.3, -0.25) is 4.79 Å². The molecule has 0 aliphatic rings. The van der Waals surface area contributed by atoms with Gasteiger partial charge in [0.1, 0.15) is 18.2 Å². The average Bonchev–Trinajstić information content (AvgIpc) is 2.25. The normalized spacial score (nSPS) is 9.53. The Hall–Kier alpha value is -1.85. The van der Waals surface area contributed by atoms with Crippen molar-refractivity contribution in [2.24, 2.45) is 0 Å². The van der Waals surface area contributed by atoms with Gasteiger partial charge in [-0.25, -0.2) is 4.98 Å². The molecule has 82 valence electrons. The molecule has 0 saturated carbocycles. The number of ether oxygens (including phenoxy) is 2. The van der Waals surface area contributed by atoms with Gasteiger partial charge in [-0.2, -0.15) is 4.98 Å². The predicted molar refractivity (Wildman–Crippen MR) is 53.8 cm³/mol. The molecular weight excluding hydrogens is 198 g/mol. The van der Waals surface area contributed by atoms with Crippen LogP contribution in [0.1, 0.15) is 5.82 Å². The molecule has 0 atom stereocenters. The molecule has 0 aliphatic carbocycles. The molecule has 0 unspecified atom stereocenters. The summed E-state index contributed by atoms with van der Waals surface area (Å²) in [4.78, 5) is 19.0. The molecule has 1 aromatic rings. The lowest BCUT2D eigenvalue weighted by Gasteiger charge is -2.06. The van der Waals surface area contributed by atoms with Crippen molar-refractivity contribution in [3.05, 3.63) is 11.9 Å². The number of carbonyl (C=O) groups excluding carboxylic acids is 1. The van der Waals surface area contributed by atoms with Crippen LogP contribution in [0.3, 0.4) is 0 Å². The van der Waals surface area contributed by atoms with Crippen LogP contribution >= 0.6 is 0 Å². The zero-order valence-corrected chi connectivity index (χ0v) is 8.90. The summed E-state index contributed by atoms with van der Waals surface area (Å²) in [5.41, 5.74) is 0. The zero-order valence-electron chi connectivity index (χ0n) is 8.90. The third kappa shape index (κ3) is 3.41. The molecule has 0 aromatic carbocycles. The van der Waals surface area contributed by atoms with Gasteiger partial charge in [0.25, 0.3) is 0 Å². The number of nitrogens with one attached hydrogen (secondary N) is 1. The summed E-state index contributed by atoms with van der Waals surface area (Å²) in [6.45, 7) is 1.81. The lowest BCUT2D eigenvalue weighted by molar-refractivity contribution is -0.138. The first-order chi connectivity index (χ1) is 7.15. The van der Waals surface area contributed by atoms with Gasteiger partial charge in [-0.15, -0.1) is 0 Å². The number of aryl methyl sites for hydroxylation is 1. The first-order valence-electron chi connectivity index (χ1n) is 4.36. The summed E-state index contributed by atoms with van der Waals surface area (Å²) in [6.07, 6.45) is 0. The van der Waals surface area contributed by atoms with Gasteiger partial charge < -0.3 is 14.8 Å². The van der Waals surface area contributed by atoms with Crippen LogP contribution in [0.2, 0.25) is 0 Å². The van der Waals surface area contributed by atoms with E-state index in [9.17, 15) is 4.79 Å². The van der Waals surface area contributed by atoms with E-state index in [4.69, 9.17) is 4.74 Å². The van der Waals surface area contributed by atoms with E-state index < -0.39 is 0 Å². The third-order valence-electron chi connectivity index (χ3n) is 1.67. The smallest absolute Gasteiger partial charge is 0.325 e. The monoisotopic (exact) mass is 211 g/mol. The van der Waals surface area contributed by atoms with Gasteiger partial charge in [0.05, 0.1) is 14.2 Å². The highest BCUT2D eigenvalue weighted by atomic mass is 16.5. The Kier molecular flexibility index (Phi) is 3.84. The topological polar surface area (TPSA) is 73.3 Å². The molecule has 0 bridgehead atoms. The Bertz CT molecular complexity index is 354. The van der Waals surface area contributed by atoms with Crippen molar-refractivity contribution in [3.8, 4) is 5.88 Å². The van der Waals surface area contributed by atoms with E-state index >= 15 is 0 Å². The molecule has 1 rings (SSSR count). The Morgan fingerprint density at radius 3 is 2.80 bits per heavy atom. The van der Waals surface area contributed by atoms with E-state index in [2.05, 4.69) is 20.0 Å². The molecule has 0 saturated heterocycles. The van der Waals surface area contributed by atoms with Gasteiger partial charge >= 0.3 is 5.97 Å². The number of carbonyl (C=O) groups is 1. The minimum atomic E-state index is -0.356. The lowest BCUT2D eigenvalue weighted by atomic mass is 10.5. The number of rotatable bonds is 4. The van der Waals surface area contributed by atoms with Gasteiger partial charge in [0, 0.05) is 6.07 Å². The Labute approximate surface area is 87.6 Å². The van der Waals surface area contributed by atoms with E-state index in [0.29, 0.717) is 17.5 Å². The largest absolute Gasteiger partial charge is 0.481 e. The maximum absolute atomic E-state index is 10.9. The number of nitrogens with zero attached hydrogens (tertiary/aromatic N) is 2. The highest BCUT2D eigenvalue weighted by Crippen LogP contribution is 2.12. The van der Waals surface area contributed by atoms with Crippen LogP contribution in [-0.2, 0) is 9.53 Å². The summed E-state index contributed by atoms with van der Waals surface area (Å²) in [5.74, 6) is 1.20. The summed E-state index contributed by atoms with van der Waals surface area (Å²) < 4.78 is 9.44. The van der Waals surface area contributed by atoms with E-state index in [0.717, 1.165) is 0 Å². The Morgan fingerprint density at radius 1 is 1.47 bits per heavy atom. The molecule has 0 aliphatic heterocycles. The van der Waals surface area contributed by atoms with Crippen LogP contribution in [0.25, 0.3) is 0 Å². The number of esters is 1. The molecule has 15 heavy (non-hydrogen) atoms. The van der Waals surface area contributed by atoms with Gasteiger partial charge in [0.2, 0.25) is 5.88 Å². The van der Waals surface area contributed by atoms with Crippen LogP contribution < -0.4 is 10.1 Å². The predicted octanol–water partition coefficient (Wildman–Crippen LogP) is 0.379. The van der Waals surface area contributed by atoms with E-state index in [1.165, 1.54) is 14.2 Å². The van der Waals surface area contributed by atoms with Gasteiger partial charge in [-0.1, -0.05) is 0 Å². The molecule has 1 N–H and O–H groups in total. The van der Waals surface area contributed by atoms with Gasteiger partial charge in [-0.05, 0) is 6.92 Å². The molecule has 1 heterocycles. The van der Waals surface area contributed by atoms with E-state index in [1.807, 2.05) is 0 Å². The number of hydrogen-bond acceptors (Lipinski definition) is 6. The lowest BCUT2D eigenvalue weighted by Crippen LogP contribution is -2.16. The SMILES string of the molecule is COC(=O)CNc1cc(OC)nc(C)n1. The van der Waals surface area contributed by atoms with Crippen LogP contribution in [0.4, 0.5) is 5.82 Å². The molecule has 1 aromatic heterocycles. The van der Waals surface area contributed by atoms with Crippen LogP contribution in [0.15, 0.2) is 6.07 Å². The fraction of sp³-hybridized carbons (Fsp3) is 0.444. The molecule has 6 heteroatoms. The summed E-state index contributed by atoms with van der Waals surface area (Å²) in [7, 11) is 2.85. The Balaban J connectivity index is 2.68. The second-order valence-corrected chi connectivity index (χ2v) is 2.77. The zero-order chi connectivity index (χ0) is 11.3. The van der Waals surface area contributed by atoms with Crippen molar-refractivity contribution in [1.29, 1.82) is 0 Å². The van der Waals surface area contributed by atoms with Gasteiger partial charge in [0.15, 0.2) is 0 Å². The van der Waals surface area contributed by atoms with Crippen molar-refractivity contribution in [3.63, 3.8) is 0 Å². The minimum absolute atomic E-state index is 0.0656. The van der Waals surface area contributed by atoms with Crippen molar-refractivity contribution >= 4 is 11.8 Å². The number of anilines is 1. The van der Waals surface area contributed by atoms with Crippen LogP contribution in [-0.4, -0.2) is 36.7 Å². The van der Waals surface area contributed by atoms with Crippen LogP contribution in [0, 0.1) is 6.92 Å². The minimum Gasteiger partial charge on any atom is -0.481 e. The van der Waals surface area contributed by atoms with Crippen molar-refractivity contribution in [1.82, 2.24) is 9.97 Å². The molecular formula is C9H13N3O3.